The Morgan fingerprint density at radius 1 is 1.14 bits per heavy atom. The van der Waals surface area contributed by atoms with E-state index >= 15 is 0 Å². The van der Waals surface area contributed by atoms with Crippen molar-refractivity contribution in [3.05, 3.63) is 35.9 Å². The lowest BCUT2D eigenvalue weighted by Gasteiger charge is -2.36. The van der Waals surface area contributed by atoms with Crippen LogP contribution in [-0.2, 0) is 14.3 Å². The third-order valence-electron chi connectivity index (χ3n) is 5.12. The smallest absolute Gasteiger partial charge is 0.253 e. The molecule has 29 heavy (non-hydrogen) atoms. The Labute approximate surface area is 173 Å². The summed E-state index contributed by atoms with van der Waals surface area (Å²) in [6.07, 6.45) is 1.72. The molecule has 0 aliphatic carbocycles. The number of piperidine rings is 1. The zero-order valence-corrected chi connectivity index (χ0v) is 17.6. The maximum absolute atomic E-state index is 12.7. The van der Waals surface area contributed by atoms with Crippen molar-refractivity contribution in [2.24, 2.45) is 11.8 Å². The zero-order chi connectivity index (χ0) is 21.2. The van der Waals surface area contributed by atoms with Gasteiger partial charge in [0.1, 0.15) is 6.04 Å². The van der Waals surface area contributed by atoms with Crippen LogP contribution < -0.4 is 10.6 Å². The second-order valence-corrected chi connectivity index (χ2v) is 7.92. The second kappa shape index (κ2) is 11.6. The summed E-state index contributed by atoms with van der Waals surface area (Å²) in [5.74, 6) is -0.0818. The summed E-state index contributed by atoms with van der Waals surface area (Å²) in [5.41, 5.74) is 0.671. The Hall–Kier alpha value is -2.41. The summed E-state index contributed by atoms with van der Waals surface area (Å²) in [7, 11) is 1.58. The first kappa shape index (κ1) is 22.9. The first-order valence-electron chi connectivity index (χ1n) is 10.3. The number of benzene rings is 1. The Balaban J connectivity index is 1.98. The number of rotatable bonds is 9. The van der Waals surface area contributed by atoms with Crippen molar-refractivity contribution in [3.8, 4) is 0 Å². The van der Waals surface area contributed by atoms with E-state index in [0.29, 0.717) is 51.1 Å². The van der Waals surface area contributed by atoms with Gasteiger partial charge in [-0.3, -0.25) is 14.4 Å². The molecule has 1 aromatic carbocycles. The van der Waals surface area contributed by atoms with Gasteiger partial charge in [0.2, 0.25) is 11.8 Å². The SMILES string of the molecule is COCCNC(=O)C(NC(=O)CC(C)C)C1CCN(C(=O)c2ccccc2)CC1. The molecule has 2 rings (SSSR count). The van der Waals surface area contributed by atoms with Crippen molar-refractivity contribution < 1.29 is 19.1 Å². The molecule has 1 aromatic rings. The van der Waals surface area contributed by atoms with Crippen molar-refractivity contribution >= 4 is 17.7 Å². The van der Waals surface area contributed by atoms with Crippen molar-refractivity contribution in [3.63, 3.8) is 0 Å². The molecule has 0 spiro atoms. The number of amides is 3. The van der Waals surface area contributed by atoms with Gasteiger partial charge < -0.3 is 20.3 Å². The molecule has 2 N–H and O–H groups in total. The highest BCUT2D eigenvalue weighted by atomic mass is 16.5. The molecule has 160 valence electrons. The van der Waals surface area contributed by atoms with E-state index < -0.39 is 6.04 Å². The Morgan fingerprint density at radius 3 is 2.38 bits per heavy atom. The molecule has 7 nitrogen and oxygen atoms in total. The molecule has 3 amide bonds. The van der Waals surface area contributed by atoms with Crippen LogP contribution >= 0.6 is 0 Å². The number of likely N-dealkylation sites (tertiary alicyclic amines) is 1. The molecule has 0 radical (unpaired) electrons. The molecule has 1 fully saturated rings. The van der Waals surface area contributed by atoms with E-state index in [0.717, 1.165) is 0 Å². The van der Waals surface area contributed by atoms with Crippen molar-refractivity contribution in [2.75, 3.05) is 33.4 Å². The van der Waals surface area contributed by atoms with Gasteiger partial charge in [-0.15, -0.1) is 0 Å². The minimum absolute atomic E-state index is 0.00604. The molecular formula is C22H33N3O4. The van der Waals surface area contributed by atoms with E-state index in [1.807, 2.05) is 49.1 Å². The molecule has 0 aromatic heterocycles. The minimum Gasteiger partial charge on any atom is -0.383 e. The third kappa shape index (κ3) is 7.16. The molecule has 1 atom stereocenters. The van der Waals surface area contributed by atoms with Crippen LogP contribution in [0.3, 0.4) is 0 Å². The minimum atomic E-state index is -0.591. The van der Waals surface area contributed by atoms with Crippen LogP contribution in [0.1, 0.15) is 43.5 Å². The highest BCUT2D eigenvalue weighted by Crippen LogP contribution is 2.23. The van der Waals surface area contributed by atoms with Crippen molar-refractivity contribution in [1.82, 2.24) is 15.5 Å². The molecule has 1 aliphatic rings. The number of ether oxygens (including phenoxy) is 1. The van der Waals surface area contributed by atoms with Crippen LogP contribution in [0.15, 0.2) is 30.3 Å². The van der Waals surface area contributed by atoms with Crippen LogP contribution in [0.4, 0.5) is 0 Å². The van der Waals surface area contributed by atoms with Gasteiger partial charge in [-0.05, 0) is 36.8 Å². The standard InChI is InChI=1S/C22H33N3O4/c1-16(2)15-19(26)24-20(21(27)23-11-14-29-3)17-9-12-25(13-10-17)22(28)18-7-5-4-6-8-18/h4-8,16-17,20H,9-15H2,1-3H3,(H,23,27)(H,24,26). The number of nitrogens with one attached hydrogen (secondary N) is 2. The molecule has 0 saturated carbocycles. The average Bonchev–Trinajstić information content (AvgIpc) is 2.72. The number of hydrogen-bond acceptors (Lipinski definition) is 4. The molecule has 1 heterocycles. The number of carbonyl (C=O) groups is 3. The summed E-state index contributed by atoms with van der Waals surface area (Å²) < 4.78 is 4.99. The van der Waals surface area contributed by atoms with E-state index in [-0.39, 0.29) is 29.6 Å². The van der Waals surface area contributed by atoms with Crippen LogP contribution in [0.5, 0.6) is 0 Å². The average molecular weight is 404 g/mol. The van der Waals surface area contributed by atoms with Gasteiger partial charge in [-0.1, -0.05) is 32.0 Å². The number of methoxy groups -OCH3 is 1. The maximum Gasteiger partial charge on any atom is 0.253 e. The fourth-order valence-electron chi connectivity index (χ4n) is 3.59. The van der Waals surface area contributed by atoms with Gasteiger partial charge in [0.25, 0.3) is 5.91 Å². The molecule has 7 heteroatoms. The van der Waals surface area contributed by atoms with E-state index in [1.165, 1.54) is 0 Å². The number of hydrogen-bond donors (Lipinski definition) is 2. The molecule has 1 saturated heterocycles. The van der Waals surface area contributed by atoms with Gasteiger partial charge in [0.05, 0.1) is 6.61 Å². The Bertz CT molecular complexity index is 670. The van der Waals surface area contributed by atoms with Crippen LogP contribution in [0.2, 0.25) is 0 Å². The maximum atomic E-state index is 12.7. The summed E-state index contributed by atoms with van der Waals surface area (Å²) >= 11 is 0. The van der Waals surface area contributed by atoms with Crippen molar-refractivity contribution in [1.29, 1.82) is 0 Å². The topological polar surface area (TPSA) is 87.7 Å². The lowest BCUT2D eigenvalue weighted by atomic mass is 9.88. The van der Waals surface area contributed by atoms with Crippen LogP contribution in [-0.4, -0.2) is 62.0 Å². The van der Waals surface area contributed by atoms with Gasteiger partial charge >= 0.3 is 0 Å². The predicted octanol–water partition coefficient (Wildman–Crippen LogP) is 1.83. The lowest BCUT2D eigenvalue weighted by Crippen LogP contribution is -2.54. The van der Waals surface area contributed by atoms with E-state index in [2.05, 4.69) is 10.6 Å². The summed E-state index contributed by atoms with van der Waals surface area (Å²) in [5, 5.41) is 5.77. The number of nitrogens with zero attached hydrogens (tertiary/aromatic N) is 1. The highest BCUT2D eigenvalue weighted by molar-refractivity contribution is 5.94. The molecule has 1 unspecified atom stereocenters. The fourth-order valence-corrected chi connectivity index (χ4v) is 3.59. The first-order chi connectivity index (χ1) is 13.9. The number of carbonyl (C=O) groups excluding carboxylic acids is 3. The van der Waals surface area contributed by atoms with Gasteiger partial charge in [-0.25, -0.2) is 0 Å². The monoisotopic (exact) mass is 403 g/mol. The fraction of sp³-hybridized carbons (Fsp3) is 0.591. The molecule has 1 aliphatic heterocycles. The largest absolute Gasteiger partial charge is 0.383 e. The quantitative estimate of drug-likeness (QED) is 0.616. The van der Waals surface area contributed by atoms with E-state index in [1.54, 1.807) is 7.11 Å². The molecule has 0 bridgehead atoms. The summed E-state index contributed by atoms with van der Waals surface area (Å²) in [6, 6.07) is 8.62. The highest BCUT2D eigenvalue weighted by Gasteiger charge is 2.33. The predicted molar refractivity (Wildman–Crippen MR) is 111 cm³/mol. The summed E-state index contributed by atoms with van der Waals surface area (Å²) in [6.45, 7) is 5.90. The van der Waals surface area contributed by atoms with Crippen molar-refractivity contribution in [2.45, 2.75) is 39.2 Å². The zero-order valence-electron chi connectivity index (χ0n) is 17.6. The van der Waals surface area contributed by atoms with E-state index in [9.17, 15) is 14.4 Å². The van der Waals surface area contributed by atoms with Gasteiger partial charge in [0.15, 0.2) is 0 Å². The lowest BCUT2D eigenvalue weighted by molar-refractivity contribution is -0.131. The Morgan fingerprint density at radius 2 is 1.79 bits per heavy atom. The molecular weight excluding hydrogens is 370 g/mol. The summed E-state index contributed by atoms with van der Waals surface area (Å²) in [4.78, 5) is 39.5. The van der Waals surface area contributed by atoms with Crippen LogP contribution in [0, 0.1) is 11.8 Å². The van der Waals surface area contributed by atoms with E-state index in [4.69, 9.17) is 4.74 Å². The first-order valence-corrected chi connectivity index (χ1v) is 10.3. The van der Waals surface area contributed by atoms with Crippen LogP contribution in [0.25, 0.3) is 0 Å². The van der Waals surface area contributed by atoms with Gasteiger partial charge in [0, 0.05) is 38.7 Å². The second-order valence-electron chi connectivity index (χ2n) is 7.92. The third-order valence-corrected chi connectivity index (χ3v) is 5.12. The van der Waals surface area contributed by atoms with Gasteiger partial charge in [-0.2, -0.15) is 0 Å². The normalized spacial score (nSPS) is 15.8. The Kier molecular flexibility index (Phi) is 9.12.